The van der Waals surface area contributed by atoms with E-state index in [1.165, 1.54) is 12.8 Å². The van der Waals surface area contributed by atoms with E-state index in [-0.39, 0.29) is 11.9 Å². The van der Waals surface area contributed by atoms with Gasteiger partial charge in [0.25, 0.3) is 5.91 Å². The maximum Gasteiger partial charge on any atom is 0.255 e. The van der Waals surface area contributed by atoms with Crippen LogP contribution in [0.3, 0.4) is 0 Å². The van der Waals surface area contributed by atoms with Crippen LogP contribution in [-0.4, -0.2) is 25.1 Å². The zero-order valence-corrected chi connectivity index (χ0v) is 11.9. The number of para-hydroxylation sites is 1. The lowest BCUT2D eigenvalue weighted by Gasteiger charge is -2.23. The van der Waals surface area contributed by atoms with Gasteiger partial charge < -0.3 is 15.4 Å². The first-order chi connectivity index (χ1) is 9.78. The van der Waals surface area contributed by atoms with Crippen molar-refractivity contribution in [3.8, 4) is 5.75 Å². The van der Waals surface area contributed by atoms with Gasteiger partial charge in [0.2, 0.25) is 0 Å². The number of carbonyl (C=O) groups is 1. The van der Waals surface area contributed by atoms with Crippen LogP contribution >= 0.6 is 0 Å². The van der Waals surface area contributed by atoms with Crippen LogP contribution in [0, 0.1) is 5.92 Å². The fraction of sp³-hybridized carbons (Fsp3) is 0.562. The van der Waals surface area contributed by atoms with Gasteiger partial charge in [-0.3, -0.25) is 4.79 Å². The van der Waals surface area contributed by atoms with E-state index in [1.807, 2.05) is 18.2 Å². The van der Waals surface area contributed by atoms with Crippen LogP contribution in [0.4, 0.5) is 5.69 Å². The normalized spacial score (nSPS) is 18.4. The molecule has 1 fully saturated rings. The van der Waals surface area contributed by atoms with Crippen LogP contribution in [0.1, 0.15) is 43.0 Å². The van der Waals surface area contributed by atoms with Crippen molar-refractivity contribution in [3.05, 3.63) is 23.8 Å². The Bertz CT molecular complexity index is 497. The molecule has 0 saturated heterocycles. The number of benzene rings is 1. The van der Waals surface area contributed by atoms with Crippen molar-refractivity contribution in [2.24, 2.45) is 5.92 Å². The summed E-state index contributed by atoms with van der Waals surface area (Å²) >= 11 is 0. The van der Waals surface area contributed by atoms with Gasteiger partial charge in [0, 0.05) is 12.6 Å². The summed E-state index contributed by atoms with van der Waals surface area (Å²) in [5.41, 5.74) is 1.56. The second-order valence-electron chi connectivity index (χ2n) is 5.72. The van der Waals surface area contributed by atoms with E-state index in [9.17, 15) is 4.79 Å². The number of hydrogen-bond donors (Lipinski definition) is 2. The largest absolute Gasteiger partial charge is 0.489 e. The molecule has 2 aliphatic rings. The van der Waals surface area contributed by atoms with Crippen molar-refractivity contribution < 1.29 is 9.53 Å². The molecule has 1 amide bonds. The summed E-state index contributed by atoms with van der Waals surface area (Å²) in [5, 5.41) is 6.42. The van der Waals surface area contributed by atoms with Crippen molar-refractivity contribution in [2.45, 2.75) is 38.6 Å². The lowest BCUT2D eigenvalue weighted by molar-refractivity contribution is 0.0928. The third kappa shape index (κ3) is 2.89. The van der Waals surface area contributed by atoms with Crippen molar-refractivity contribution in [1.82, 2.24) is 5.32 Å². The molecule has 2 N–H and O–H groups in total. The van der Waals surface area contributed by atoms with Gasteiger partial charge in [-0.2, -0.15) is 0 Å². The van der Waals surface area contributed by atoms with E-state index in [0.717, 1.165) is 31.0 Å². The van der Waals surface area contributed by atoms with E-state index in [4.69, 9.17) is 4.74 Å². The highest BCUT2D eigenvalue weighted by molar-refractivity contribution is 5.99. The summed E-state index contributed by atoms with van der Waals surface area (Å²) in [5.74, 6) is 1.50. The molecular formula is C16H22N2O2. The molecule has 3 rings (SSSR count). The van der Waals surface area contributed by atoms with E-state index in [1.54, 1.807) is 0 Å². The lowest BCUT2D eigenvalue weighted by Crippen LogP contribution is -2.35. The zero-order chi connectivity index (χ0) is 13.9. The van der Waals surface area contributed by atoms with Gasteiger partial charge in [0.05, 0.1) is 11.3 Å². The number of amides is 1. The molecule has 1 atom stereocenters. The molecule has 0 aromatic heterocycles. The molecular weight excluding hydrogens is 252 g/mol. The molecule has 20 heavy (non-hydrogen) atoms. The standard InChI is InChI=1S/C16H22N2O2/c1-2-12(10-11-6-7-11)18-16(19)13-4-3-5-14-15(13)20-9-8-17-14/h3-5,11-12,17H,2,6-10H2,1H3,(H,18,19). The number of anilines is 1. The molecule has 1 aliphatic carbocycles. The van der Waals surface area contributed by atoms with E-state index < -0.39 is 0 Å². The fourth-order valence-corrected chi connectivity index (χ4v) is 2.70. The third-order valence-corrected chi connectivity index (χ3v) is 4.07. The summed E-state index contributed by atoms with van der Waals surface area (Å²) in [6.07, 6.45) is 4.73. The molecule has 0 spiro atoms. The highest BCUT2D eigenvalue weighted by Crippen LogP contribution is 2.35. The fourth-order valence-electron chi connectivity index (χ4n) is 2.70. The Hall–Kier alpha value is -1.71. The van der Waals surface area contributed by atoms with Crippen molar-refractivity contribution >= 4 is 11.6 Å². The summed E-state index contributed by atoms with van der Waals surface area (Å²) in [4.78, 5) is 12.5. The smallest absolute Gasteiger partial charge is 0.255 e. The SMILES string of the molecule is CCC(CC1CC1)NC(=O)c1cccc2c1OCCN2. The van der Waals surface area contributed by atoms with Gasteiger partial charge in [-0.05, 0) is 30.9 Å². The molecule has 1 saturated carbocycles. The molecule has 0 radical (unpaired) electrons. The molecule has 1 aromatic rings. The molecule has 4 nitrogen and oxygen atoms in total. The van der Waals surface area contributed by atoms with Crippen LogP contribution in [0.25, 0.3) is 0 Å². The van der Waals surface area contributed by atoms with Gasteiger partial charge in [-0.1, -0.05) is 25.8 Å². The first kappa shape index (κ1) is 13.3. The van der Waals surface area contributed by atoms with E-state index >= 15 is 0 Å². The Balaban J connectivity index is 1.72. The molecule has 1 heterocycles. The van der Waals surface area contributed by atoms with Crippen LogP contribution in [0.2, 0.25) is 0 Å². The predicted octanol–water partition coefficient (Wildman–Crippen LogP) is 2.80. The highest BCUT2D eigenvalue weighted by Gasteiger charge is 2.26. The lowest BCUT2D eigenvalue weighted by atomic mass is 10.1. The Morgan fingerprint density at radius 2 is 2.35 bits per heavy atom. The maximum atomic E-state index is 12.5. The van der Waals surface area contributed by atoms with E-state index in [0.29, 0.717) is 17.9 Å². The number of hydrogen-bond acceptors (Lipinski definition) is 3. The van der Waals surface area contributed by atoms with Crippen molar-refractivity contribution in [1.29, 1.82) is 0 Å². The quantitative estimate of drug-likeness (QED) is 0.868. The minimum atomic E-state index is -0.0157. The number of rotatable bonds is 5. The average molecular weight is 274 g/mol. The Labute approximate surface area is 119 Å². The predicted molar refractivity (Wildman–Crippen MR) is 79.3 cm³/mol. The van der Waals surface area contributed by atoms with Crippen molar-refractivity contribution in [3.63, 3.8) is 0 Å². The summed E-state index contributed by atoms with van der Waals surface area (Å²) in [6.45, 7) is 3.53. The summed E-state index contributed by atoms with van der Waals surface area (Å²) in [6, 6.07) is 5.97. The second kappa shape index (κ2) is 5.73. The molecule has 1 aromatic carbocycles. The van der Waals surface area contributed by atoms with Gasteiger partial charge in [-0.15, -0.1) is 0 Å². The maximum absolute atomic E-state index is 12.5. The van der Waals surface area contributed by atoms with Gasteiger partial charge in [0.15, 0.2) is 5.75 Å². The first-order valence-electron chi connectivity index (χ1n) is 7.58. The highest BCUT2D eigenvalue weighted by atomic mass is 16.5. The molecule has 0 bridgehead atoms. The molecule has 1 aliphatic heterocycles. The van der Waals surface area contributed by atoms with Crippen LogP contribution in [0.15, 0.2) is 18.2 Å². The monoisotopic (exact) mass is 274 g/mol. The van der Waals surface area contributed by atoms with Crippen LogP contribution in [-0.2, 0) is 0 Å². The number of nitrogens with one attached hydrogen (secondary N) is 2. The Kier molecular flexibility index (Phi) is 3.81. The summed E-state index contributed by atoms with van der Waals surface area (Å²) < 4.78 is 5.66. The van der Waals surface area contributed by atoms with Gasteiger partial charge >= 0.3 is 0 Å². The minimum absolute atomic E-state index is 0.0157. The van der Waals surface area contributed by atoms with E-state index in [2.05, 4.69) is 17.6 Å². The third-order valence-electron chi connectivity index (χ3n) is 4.07. The second-order valence-corrected chi connectivity index (χ2v) is 5.72. The minimum Gasteiger partial charge on any atom is -0.489 e. The number of carbonyl (C=O) groups excluding carboxylic acids is 1. The van der Waals surface area contributed by atoms with Crippen molar-refractivity contribution in [2.75, 3.05) is 18.5 Å². The molecule has 1 unspecified atom stereocenters. The Morgan fingerprint density at radius 1 is 1.50 bits per heavy atom. The topological polar surface area (TPSA) is 50.4 Å². The average Bonchev–Trinajstić information content (AvgIpc) is 3.29. The molecule has 4 heteroatoms. The van der Waals surface area contributed by atoms with Crippen LogP contribution in [0.5, 0.6) is 5.75 Å². The summed E-state index contributed by atoms with van der Waals surface area (Å²) in [7, 11) is 0. The number of ether oxygens (including phenoxy) is 1. The first-order valence-corrected chi connectivity index (χ1v) is 7.58. The molecule has 108 valence electrons. The van der Waals surface area contributed by atoms with Gasteiger partial charge in [0.1, 0.15) is 6.61 Å². The van der Waals surface area contributed by atoms with Gasteiger partial charge in [-0.25, -0.2) is 0 Å². The van der Waals surface area contributed by atoms with Crippen LogP contribution < -0.4 is 15.4 Å². The zero-order valence-electron chi connectivity index (χ0n) is 11.9. The number of fused-ring (bicyclic) bond motifs is 1. The Morgan fingerprint density at radius 3 is 3.10 bits per heavy atom.